The molecule has 0 fully saturated rings. The average molecular weight is 462 g/mol. The number of nitrogens with one attached hydrogen (secondary N) is 2. The van der Waals surface area contributed by atoms with Gasteiger partial charge in [0.2, 0.25) is 0 Å². The number of ether oxygens (including phenoxy) is 1. The van der Waals surface area contributed by atoms with E-state index in [2.05, 4.69) is 15.0 Å². The van der Waals surface area contributed by atoms with Crippen LogP contribution in [0.15, 0.2) is 24.4 Å². The molecule has 0 spiro atoms. The molecular weight excluding hydrogens is 437 g/mol. The lowest BCUT2D eigenvalue weighted by molar-refractivity contribution is 0.0636. The van der Waals surface area contributed by atoms with Gasteiger partial charge in [0.25, 0.3) is 0 Å². The van der Waals surface area contributed by atoms with Crippen LogP contribution in [0.2, 0.25) is 5.02 Å². The van der Waals surface area contributed by atoms with Crippen LogP contribution in [-0.2, 0) is 16.1 Å². The summed E-state index contributed by atoms with van der Waals surface area (Å²) < 4.78 is 34.9. The van der Waals surface area contributed by atoms with Crippen molar-refractivity contribution in [1.29, 1.82) is 0 Å². The third-order valence-corrected chi connectivity index (χ3v) is 6.25. The van der Waals surface area contributed by atoms with E-state index in [1.165, 1.54) is 18.3 Å². The van der Waals surface area contributed by atoms with E-state index in [4.69, 9.17) is 16.3 Å². The Morgan fingerprint density at radius 2 is 1.97 bits per heavy atom. The smallest absolute Gasteiger partial charge is 0.413 e. The number of rotatable bonds is 5. The zero-order valence-electron chi connectivity index (χ0n) is 17.1. The van der Waals surface area contributed by atoms with Crippen molar-refractivity contribution in [3.05, 3.63) is 45.7 Å². The van der Waals surface area contributed by atoms with Gasteiger partial charge in [0.15, 0.2) is 5.13 Å². The predicted octanol–water partition coefficient (Wildman–Crippen LogP) is 5.42. The number of carbonyl (C=O) groups excluding carboxylic acids is 1. The summed E-state index contributed by atoms with van der Waals surface area (Å²) in [5.41, 5.74) is -0.371. The fourth-order valence-electron chi connectivity index (χ4n) is 2.16. The molecule has 29 heavy (non-hydrogen) atoms. The van der Waals surface area contributed by atoms with Gasteiger partial charge in [0, 0.05) is 28.1 Å². The Balaban J connectivity index is 2.32. The van der Waals surface area contributed by atoms with Crippen molar-refractivity contribution in [3.8, 4) is 0 Å². The van der Waals surface area contributed by atoms with E-state index >= 15 is 0 Å². The molecule has 1 aromatic carbocycles. The molecule has 1 aromatic heterocycles. The SMILES string of the molecule is CC(C)(C)OC(=O)Nc1ncc(C(N[S@@+]([O-])C(C)(C)C)c2ccc(Cl)cc2F)s1. The third kappa shape index (κ3) is 7.11. The number of hydrogen-bond acceptors (Lipinski definition) is 6. The first kappa shape index (κ1) is 23.9. The lowest BCUT2D eigenvalue weighted by Crippen LogP contribution is -2.41. The number of carbonyl (C=O) groups is 1. The summed E-state index contributed by atoms with van der Waals surface area (Å²) in [7, 11) is 0. The molecule has 2 atom stereocenters. The molecule has 0 aliphatic carbocycles. The molecule has 160 valence electrons. The van der Waals surface area contributed by atoms with Gasteiger partial charge in [0.1, 0.15) is 22.2 Å². The van der Waals surface area contributed by atoms with Crippen molar-refractivity contribution in [2.24, 2.45) is 0 Å². The zero-order chi connectivity index (χ0) is 22.0. The van der Waals surface area contributed by atoms with E-state index in [1.807, 2.05) is 20.8 Å². The first-order chi connectivity index (χ1) is 13.3. The number of benzene rings is 1. The number of hydrogen-bond donors (Lipinski definition) is 2. The van der Waals surface area contributed by atoms with Gasteiger partial charge in [-0.05, 0) is 53.7 Å². The summed E-state index contributed by atoms with van der Waals surface area (Å²) in [4.78, 5) is 16.7. The highest BCUT2D eigenvalue weighted by molar-refractivity contribution is 7.90. The van der Waals surface area contributed by atoms with Gasteiger partial charge in [-0.15, -0.1) is 4.72 Å². The number of halogens is 2. The summed E-state index contributed by atoms with van der Waals surface area (Å²) in [5, 5.41) is 3.11. The van der Waals surface area contributed by atoms with Crippen LogP contribution in [0, 0.1) is 5.82 Å². The Labute approximate surface area is 182 Å². The quantitative estimate of drug-likeness (QED) is 0.580. The maximum Gasteiger partial charge on any atom is 0.413 e. The number of anilines is 1. The Morgan fingerprint density at radius 3 is 2.52 bits per heavy atom. The van der Waals surface area contributed by atoms with Crippen LogP contribution in [0.1, 0.15) is 58.0 Å². The summed E-state index contributed by atoms with van der Waals surface area (Å²) in [5.74, 6) is -0.532. The molecule has 0 bridgehead atoms. The lowest BCUT2D eigenvalue weighted by atomic mass is 10.1. The van der Waals surface area contributed by atoms with Gasteiger partial charge >= 0.3 is 6.09 Å². The molecule has 2 N–H and O–H groups in total. The van der Waals surface area contributed by atoms with Crippen molar-refractivity contribution in [2.45, 2.75) is 57.9 Å². The minimum absolute atomic E-state index is 0.263. The van der Waals surface area contributed by atoms with Crippen LogP contribution in [0.5, 0.6) is 0 Å². The van der Waals surface area contributed by atoms with E-state index in [9.17, 15) is 13.7 Å². The Morgan fingerprint density at radius 1 is 1.31 bits per heavy atom. The summed E-state index contributed by atoms with van der Waals surface area (Å²) in [6, 6.07) is 3.57. The third-order valence-electron chi connectivity index (χ3n) is 3.47. The van der Waals surface area contributed by atoms with Crippen LogP contribution >= 0.6 is 22.9 Å². The van der Waals surface area contributed by atoms with Gasteiger partial charge < -0.3 is 9.29 Å². The van der Waals surface area contributed by atoms with Gasteiger partial charge in [-0.3, -0.25) is 5.32 Å². The molecule has 0 aliphatic heterocycles. The maximum atomic E-state index is 14.6. The van der Waals surface area contributed by atoms with Crippen molar-refractivity contribution < 1.29 is 18.5 Å². The van der Waals surface area contributed by atoms with Gasteiger partial charge in [-0.1, -0.05) is 29.0 Å². The lowest BCUT2D eigenvalue weighted by Gasteiger charge is -2.27. The molecular formula is C19H25ClFN3O3S2. The molecule has 1 unspecified atom stereocenters. The van der Waals surface area contributed by atoms with E-state index in [1.54, 1.807) is 26.8 Å². The summed E-state index contributed by atoms with van der Waals surface area (Å²) in [6.45, 7) is 10.7. The van der Waals surface area contributed by atoms with Crippen LogP contribution in [0.4, 0.5) is 14.3 Å². The Hall–Kier alpha value is -1.39. The molecule has 2 rings (SSSR count). The molecule has 1 heterocycles. The second-order valence-corrected chi connectivity index (χ2v) is 11.8. The van der Waals surface area contributed by atoms with E-state index in [0.717, 1.165) is 11.3 Å². The topological polar surface area (TPSA) is 86.3 Å². The molecule has 0 saturated carbocycles. The maximum absolute atomic E-state index is 14.6. The van der Waals surface area contributed by atoms with Gasteiger partial charge in [-0.2, -0.15) is 0 Å². The van der Waals surface area contributed by atoms with Crippen molar-refractivity contribution in [1.82, 2.24) is 9.71 Å². The van der Waals surface area contributed by atoms with Crippen LogP contribution in [-0.4, -0.2) is 26.0 Å². The van der Waals surface area contributed by atoms with Gasteiger partial charge in [0.05, 0.1) is 4.88 Å². The van der Waals surface area contributed by atoms with Crippen LogP contribution in [0.3, 0.4) is 0 Å². The first-order valence-corrected chi connectivity index (χ1v) is 11.2. The fraction of sp³-hybridized carbons (Fsp3) is 0.474. The molecule has 0 saturated heterocycles. The molecule has 0 radical (unpaired) electrons. The van der Waals surface area contributed by atoms with Crippen LogP contribution in [0.25, 0.3) is 0 Å². The highest BCUT2D eigenvalue weighted by Gasteiger charge is 2.33. The standard InChI is InChI=1S/C19H25ClFN3O3S2/c1-18(2,3)27-17(25)23-16-22-10-14(28-16)15(24-29(26)19(4,5)6)12-8-7-11(20)9-13(12)21/h7-10,15,24H,1-6H3,(H,22,23,25)/t15?,29-/m0/s1. The Kier molecular flexibility index (Phi) is 7.56. The summed E-state index contributed by atoms with van der Waals surface area (Å²) >= 11 is 5.52. The zero-order valence-corrected chi connectivity index (χ0v) is 19.5. The van der Waals surface area contributed by atoms with Crippen molar-refractivity contribution in [3.63, 3.8) is 0 Å². The first-order valence-electron chi connectivity index (χ1n) is 8.85. The molecule has 10 heteroatoms. The molecule has 6 nitrogen and oxygen atoms in total. The highest BCUT2D eigenvalue weighted by atomic mass is 35.5. The number of aromatic nitrogens is 1. The normalized spacial score (nSPS) is 14.4. The fourth-order valence-corrected chi connectivity index (χ4v) is 4.09. The minimum atomic E-state index is -1.48. The predicted molar refractivity (Wildman–Crippen MR) is 116 cm³/mol. The molecule has 0 aliphatic rings. The second kappa shape index (κ2) is 9.18. The molecule has 1 amide bonds. The van der Waals surface area contributed by atoms with Gasteiger partial charge in [-0.25, -0.2) is 14.2 Å². The monoisotopic (exact) mass is 461 g/mol. The highest BCUT2D eigenvalue weighted by Crippen LogP contribution is 2.33. The molecule has 2 aromatic rings. The summed E-state index contributed by atoms with van der Waals surface area (Å²) in [6.07, 6.45) is 0.863. The van der Waals surface area contributed by atoms with Crippen LogP contribution < -0.4 is 10.0 Å². The van der Waals surface area contributed by atoms with E-state index in [-0.39, 0.29) is 15.7 Å². The second-order valence-electron chi connectivity index (χ2n) is 8.29. The van der Waals surface area contributed by atoms with E-state index in [0.29, 0.717) is 4.88 Å². The van der Waals surface area contributed by atoms with Crippen molar-refractivity contribution in [2.75, 3.05) is 5.32 Å². The largest absolute Gasteiger partial charge is 0.598 e. The Bertz CT molecular complexity index is 865. The van der Waals surface area contributed by atoms with Crippen molar-refractivity contribution >= 4 is 45.5 Å². The number of nitrogens with zero attached hydrogens (tertiary/aromatic N) is 1. The number of amides is 1. The van der Waals surface area contributed by atoms with E-state index < -0.39 is 39.7 Å². The average Bonchev–Trinajstić information content (AvgIpc) is 2.98. The number of thiazole rings is 1. The minimum Gasteiger partial charge on any atom is -0.598 e.